The van der Waals surface area contributed by atoms with Gasteiger partial charge in [0, 0.05) is 18.4 Å². The maximum atomic E-state index is 11.2. The van der Waals surface area contributed by atoms with Crippen molar-refractivity contribution in [3.63, 3.8) is 0 Å². The molecule has 0 bridgehead atoms. The minimum Gasteiger partial charge on any atom is -0.480 e. The maximum absolute atomic E-state index is 11.2. The molecule has 0 aliphatic rings. The molecule has 0 radical (unpaired) electrons. The number of carboxylic acids is 1. The Balaban J connectivity index is 2.81. The Morgan fingerprint density at radius 2 is 2.38 bits per heavy atom. The molecule has 1 heterocycles. The summed E-state index contributed by atoms with van der Waals surface area (Å²) in [7, 11) is 1.67. The molecule has 2 unspecified atom stereocenters. The van der Waals surface area contributed by atoms with Crippen molar-refractivity contribution < 1.29 is 9.90 Å². The van der Waals surface area contributed by atoms with Gasteiger partial charge < -0.3 is 15.0 Å². The van der Waals surface area contributed by atoms with Crippen LogP contribution in [-0.2, 0) is 4.79 Å². The van der Waals surface area contributed by atoms with Crippen LogP contribution in [0.4, 0.5) is 0 Å². The van der Waals surface area contributed by atoms with E-state index < -0.39 is 11.5 Å². The molecule has 0 aliphatic carbocycles. The Morgan fingerprint density at radius 3 is 2.75 bits per heavy atom. The van der Waals surface area contributed by atoms with Gasteiger partial charge in [-0.1, -0.05) is 0 Å². The zero-order chi connectivity index (χ0) is 12.3. The molecule has 90 valence electrons. The van der Waals surface area contributed by atoms with Crippen LogP contribution >= 0.6 is 0 Å². The van der Waals surface area contributed by atoms with Gasteiger partial charge in [0.25, 0.3) is 0 Å². The molecule has 0 saturated heterocycles. The number of carboxylic acid groups (broad SMARTS) is 1. The first-order chi connectivity index (χ1) is 7.40. The number of aliphatic carboxylic acids is 1. The number of hydrogen-bond donors (Lipinski definition) is 2. The first kappa shape index (κ1) is 12.7. The molecule has 0 amide bonds. The van der Waals surface area contributed by atoms with Crippen LogP contribution in [0, 0.1) is 6.92 Å². The topological polar surface area (TPSA) is 67.2 Å². The van der Waals surface area contributed by atoms with E-state index >= 15 is 0 Å². The SMILES string of the molecule is CNC(C)(CC(C)n1ccnc1C)C(=O)O. The van der Waals surface area contributed by atoms with E-state index in [9.17, 15) is 4.79 Å². The van der Waals surface area contributed by atoms with Crippen LogP contribution in [0.25, 0.3) is 0 Å². The lowest BCUT2D eigenvalue weighted by atomic mass is 9.94. The summed E-state index contributed by atoms with van der Waals surface area (Å²) in [6.45, 7) is 5.60. The quantitative estimate of drug-likeness (QED) is 0.790. The summed E-state index contributed by atoms with van der Waals surface area (Å²) >= 11 is 0. The Morgan fingerprint density at radius 1 is 1.75 bits per heavy atom. The van der Waals surface area contributed by atoms with Gasteiger partial charge in [0.2, 0.25) is 0 Å². The number of nitrogens with zero attached hydrogens (tertiary/aromatic N) is 2. The standard InChI is InChI=1S/C11H19N3O2/c1-8(14-6-5-13-9(14)2)7-11(3,12-4)10(15)16/h5-6,8,12H,7H2,1-4H3,(H,15,16). The van der Waals surface area contributed by atoms with E-state index in [0.717, 1.165) is 5.82 Å². The zero-order valence-corrected chi connectivity index (χ0v) is 10.2. The highest BCUT2D eigenvalue weighted by Crippen LogP contribution is 2.21. The zero-order valence-electron chi connectivity index (χ0n) is 10.2. The van der Waals surface area contributed by atoms with Gasteiger partial charge >= 0.3 is 5.97 Å². The second-order valence-electron chi connectivity index (χ2n) is 4.32. The van der Waals surface area contributed by atoms with Crippen LogP contribution < -0.4 is 5.32 Å². The molecule has 1 rings (SSSR count). The van der Waals surface area contributed by atoms with Crippen molar-refractivity contribution in [2.75, 3.05) is 7.05 Å². The fraction of sp³-hybridized carbons (Fsp3) is 0.636. The Hall–Kier alpha value is -1.36. The summed E-state index contributed by atoms with van der Waals surface area (Å²) in [6.07, 6.45) is 4.11. The van der Waals surface area contributed by atoms with Crippen molar-refractivity contribution in [2.24, 2.45) is 0 Å². The van der Waals surface area contributed by atoms with Crippen LogP contribution in [0.3, 0.4) is 0 Å². The first-order valence-corrected chi connectivity index (χ1v) is 5.32. The predicted molar refractivity (Wildman–Crippen MR) is 61.4 cm³/mol. The number of rotatable bonds is 5. The summed E-state index contributed by atoms with van der Waals surface area (Å²) in [4.78, 5) is 15.3. The van der Waals surface area contributed by atoms with Crippen molar-refractivity contribution >= 4 is 5.97 Å². The Kier molecular flexibility index (Phi) is 3.70. The third-order valence-electron chi connectivity index (χ3n) is 3.06. The van der Waals surface area contributed by atoms with E-state index in [0.29, 0.717) is 6.42 Å². The molecule has 0 fully saturated rings. The number of imidazole rings is 1. The lowest BCUT2D eigenvalue weighted by molar-refractivity contribution is -0.144. The second kappa shape index (κ2) is 4.65. The van der Waals surface area contributed by atoms with E-state index in [-0.39, 0.29) is 6.04 Å². The van der Waals surface area contributed by atoms with Gasteiger partial charge in [-0.3, -0.25) is 4.79 Å². The van der Waals surface area contributed by atoms with Crippen LogP contribution in [0.2, 0.25) is 0 Å². The number of likely N-dealkylation sites (N-methyl/N-ethyl adjacent to an activating group) is 1. The van der Waals surface area contributed by atoms with Crippen LogP contribution in [-0.4, -0.2) is 33.2 Å². The fourth-order valence-electron chi connectivity index (χ4n) is 1.84. The smallest absolute Gasteiger partial charge is 0.323 e. The molecule has 0 aromatic carbocycles. The Labute approximate surface area is 95.5 Å². The lowest BCUT2D eigenvalue weighted by Crippen LogP contribution is -2.48. The summed E-state index contributed by atoms with van der Waals surface area (Å²) in [6, 6.07) is 0.0936. The van der Waals surface area contributed by atoms with Crippen molar-refractivity contribution in [1.29, 1.82) is 0 Å². The van der Waals surface area contributed by atoms with Gasteiger partial charge in [-0.05, 0) is 34.2 Å². The minimum atomic E-state index is -0.907. The van der Waals surface area contributed by atoms with E-state index in [1.807, 2.05) is 24.6 Å². The molecular weight excluding hydrogens is 206 g/mol. The molecule has 5 heteroatoms. The van der Waals surface area contributed by atoms with Crippen molar-refractivity contribution in [2.45, 2.75) is 38.8 Å². The maximum Gasteiger partial charge on any atom is 0.323 e. The third-order valence-corrected chi connectivity index (χ3v) is 3.06. The largest absolute Gasteiger partial charge is 0.480 e. The van der Waals surface area contributed by atoms with E-state index in [1.54, 1.807) is 20.2 Å². The number of aryl methyl sites for hydroxylation is 1. The van der Waals surface area contributed by atoms with Gasteiger partial charge in [-0.25, -0.2) is 4.98 Å². The second-order valence-corrected chi connectivity index (χ2v) is 4.32. The number of hydrogen-bond acceptors (Lipinski definition) is 3. The normalized spacial score (nSPS) is 16.8. The molecule has 2 atom stereocenters. The summed E-state index contributed by atoms with van der Waals surface area (Å²) in [5.74, 6) is 0.0657. The Bertz CT molecular complexity index is 375. The molecule has 2 N–H and O–H groups in total. The van der Waals surface area contributed by atoms with E-state index in [4.69, 9.17) is 5.11 Å². The highest BCUT2D eigenvalue weighted by atomic mass is 16.4. The van der Waals surface area contributed by atoms with Gasteiger partial charge in [0.05, 0.1) is 0 Å². The summed E-state index contributed by atoms with van der Waals surface area (Å²) < 4.78 is 1.98. The molecular formula is C11H19N3O2. The van der Waals surface area contributed by atoms with Crippen molar-refractivity contribution in [1.82, 2.24) is 14.9 Å². The number of aromatic nitrogens is 2. The average Bonchev–Trinajstić information content (AvgIpc) is 2.64. The minimum absolute atomic E-state index is 0.0936. The lowest BCUT2D eigenvalue weighted by Gasteiger charge is -2.28. The van der Waals surface area contributed by atoms with Crippen LogP contribution in [0.5, 0.6) is 0 Å². The summed E-state index contributed by atoms with van der Waals surface area (Å²) in [5, 5.41) is 12.0. The van der Waals surface area contributed by atoms with E-state index in [1.165, 1.54) is 0 Å². The van der Waals surface area contributed by atoms with Crippen molar-refractivity contribution in [3.8, 4) is 0 Å². The molecule has 1 aromatic heterocycles. The molecule has 0 spiro atoms. The number of carbonyl (C=O) groups is 1. The molecule has 0 aliphatic heterocycles. The third kappa shape index (κ3) is 2.41. The average molecular weight is 225 g/mol. The summed E-state index contributed by atoms with van der Waals surface area (Å²) in [5.41, 5.74) is -0.907. The van der Waals surface area contributed by atoms with Gasteiger partial charge in [-0.2, -0.15) is 0 Å². The molecule has 0 saturated carbocycles. The van der Waals surface area contributed by atoms with Crippen molar-refractivity contribution in [3.05, 3.63) is 18.2 Å². The fourth-order valence-corrected chi connectivity index (χ4v) is 1.84. The van der Waals surface area contributed by atoms with Crippen LogP contribution in [0.15, 0.2) is 12.4 Å². The molecule has 5 nitrogen and oxygen atoms in total. The highest BCUT2D eigenvalue weighted by Gasteiger charge is 2.33. The van der Waals surface area contributed by atoms with E-state index in [2.05, 4.69) is 10.3 Å². The highest BCUT2D eigenvalue weighted by molar-refractivity contribution is 5.78. The predicted octanol–water partition coefficient (Wildman–Crippen LogP) is 1.21. The first-order valence-electron chi connectivity index (χ1n) is 5.32. The monoisotopic (exact) mass is 225 g/mol. The van der Waals surface area contributed by atoms with Crippen LogP contribution in [0.1, 0.15) is 32.1 Å². The van der Waals surface area contributed by atoms with Gasteiger partial charge in [0.15, 0.2) is 0 Å². The van der Waals surface area contributed by atoms with Gasteiger partial charge in [0.1, 0.15) is 11.4 Å². The van der Waals surface area contributed by atoms with Gasteiger partial charge in [-0.15, -0.1) is 0 Å². The molecule has 16 heavy (non-hydrogen) atoms. The molecule has 1 aromatic rings. The number of nitrogens with one attached hydrogen (secondary N) is 1.